The van der Waals surface area contributed by atoms with E-state index in [4.69, 9.17) is 16.3 Å². The molecule has 1 atom stereocenters. The highest BCUT2D eigenvalue weighted by Crippen LogP contribution is 2.32. The number of nitrogens with zero attached hydrogens (tertiary/aromatic N) is 1. The van der Waals surface area contributed by atoms with Crippen LogP contribution in [-0.2, 0) is 4.79 Å². The first-order valence-corrected chi connectivity index (χ1v) is 12.0. The lowest BCUT2D eigenvalue weighted by Crippen LogP contribution is -2.40. The zero-order chi connectivity index (χ0) is 23.2. The molecule has 0 aromatic heterocycles. The van der Waals surface area contributed by atoms with Gasteiger partial charge in [0.1, 0.15) is 0 Å². The number of carbonyl (C=O) groups is 2. The van der Waals surface area contributed by atoms with Crippen molar-refractivity contribution >= 4 is 35.2 Å². The fraction of sp³-hybridized carbons (Fsp3) is 0.385. The van der Waals surface area contributed by atoms with Crippen LogP contribution < -0.4 is 15.4 Å². The summed E-state index contributed by atoms with van der Waals surface area (Å²) in [6, 6.07) is 12.9. The van der Waals surface area contributed by atoms with Gasteiger partial charge in [-0.25, -0.2) is 0 Å². The lowest BCUT2D eigenvalue weighted by atomic mass is 10.00. The predicted molar refractivity (Wildman–Crippen MR) is 132 cm³/mol. The molecule has 0 saturated carbocycles. The van der Waals surface area contributed by atoms with E-state index in [1.807, 2.05) is 12.1 Å². The van der Waals surface area contributed by atoms with E-state index in [-0.39, 0.29) is 17.6 Å². The van der Waals surface area contributed by atoms with Crippen LogP contribution in [0.1, 0.15) is 54.9 Å². The third-order valence-electron chi connectivity index (χ3n) is 6.23. The Bertz CT molecular complexity index is 1040. The first-order chi connectivity index (χ1) is 16.0. The summed E-state index contributed by atoms with van der Waals surface area (Å²) in [5.41, 5.74) is 1.78. The standard InChI is InChI=1S/C26H30ClN3O3/c1-2-21-6-3-4-14-30(21)15-5-13-28-25(31)19-9-12-23-22(17-19)29-26(32)24(33-23)16-18-7-10-20(27)11-8-18/h7-12,16-17,21H,2-6,13-15H2,1H3,(H,28,31)(H,29,32)/b24-16-. The number of amides is 2. The van der Waals surface area contributed by atoms with Gasteiger partial charge in [-0.1, -0.05) is 37.1 Å². The second-order valence-corrected chi connectivity index (χ2v) is 8.97. The van der Waals surface area contributed by atoms with Gasteiger partial charge in [-0.2, -0.15) is 0 Å². The van der Waals surface area contributed by atoms with Crippen molar-refractivity contribution in [3.8, 4) is 5.75 Å². The lowest BCUT2D eigenvalue weighted by Gasteiger charge is -2.35. The topological polar surface area (TPSA) is 70.7 Å². The van der Waals surface area contributed by atoms with Gasteiger partial charge in [0.15, 0.2) is 11.5 Å². The molecule has 0 radical (unpaired) electrons. The van der Waals surface area contributed by atoms with E-state index in [0.29, 0.717) is 34.6 Å². The van der Waals surface area contributed by atoms with E-state index in [9.17, 15) is 9.59 Å². The Hall–Kier alpha value is -2.83. The number of benzene rings is 2. The Morgan fingerprint density at radius 3 is 2.85 bits per heavy atom. The molecule has 2 heterocycles. The van der Waals surface area contributed by atoms with Crippen LogP contribution in [0.25, 0.3) is 6.08 Å². The van der Waals surface area contributed by atoms with Crippen molar-refractivity contribution in [1.29, 1.82) is 0 Å². The maximum atomic E-state index is 12.6. The quantitative estimate of drug-likeness (QED) is 0.439. The Morgan fingerprint density at radius 2 is 2.06 bits per heavy atom. The van der Waals surface area contributed by atoms with Gasteiger partial charge in [0.25, 0.3) is 11.8 Å². The third-order valence-corrected chi connectivity index (χ3v) is 6.48. The van der Waals surface area contributed by atoms with Crippen LogP contribution in [0.15, 0.2) is 48.2 Å². The number of ether oxygens (including phenoxy) is 1. The van der Waals surface area contributed by atoms with E-state index in [1.54, 1.807) is 36.4 Å². The molecule has 6 nitrogen and oxygen atoms in total. The van der Waals surface area contributed by atoms with Crippen molar-refractivity contribution < 1.29 is 14.3 Å². The van der Waals surface area contributed by atoms with E-state index in [2.05, 4.69) is 22.5 Å². The molecule has 0 bridgehead atoms. The first kappa shape index (κ1) is 23.3. The highest BCUT2D eigenvalue weighted by molar-refractivity contribution is 6.30. The highest BCUT2D eigenvalue weighted by atomic mass is 35.5. The molecule has 1 saturated heterocycles. The van der Waals surface area contributed by atoms with Crippen molar-refractivity contribution in [2.45, 2.75) is 45.1 Å². The van der Waals surface area contributed by atoms with Crippen molar-refractivity contribution in [2.24, 2.45) is 0 Å². The van der Waals surface area contributed by atoms with E-state index < -0.39 is 0 Å². The Morgan fingerprint density at radius 1 is 1.24 bits per heavy atom. The minimum atomic E-state index is -0.359. The number of piperidine rings is 1. The largest absolute Gasteiger partial charge is 0.449 e. The van der Waals surface area contributed by atoms with E-state index in [1.165, 1.54) is 25.7 Å². The van der Waals surface area contributed by atoms with Crippen LogP contribution in [0.4, 0.5) is 5.69 Å². The molecule has 33 heavy (non-hydrogen) atoms. The molecule has 7 heteroatoms. The zero-order valence-corrected chi connectivity index (χ0v) is 19.7. The number of carbonyl (C=O) groups excluding carboxylic acids is 2. The number of likely N-dealkylation sites (tertiary alicyclic amines) is 1. The van der Waals surface area contributed by atoms with Gasteiger partial charge in [-0.05, 0) is 74.2 Å². The number of rotatable bonds is 7. The second-order valence-electron chi connectivity index (χ2n) is 8.53. The summed E-state index contributed by atoms with van der Waals surface area (Å²) in [6.45, 7) is 5.04. The number of fused-ring (bicyclic) bond motifs is 1. The molecular weight excluding hydrogens is 438 g/mol. The predicted octanol–water partition coefficient (Wildman–Crippen LogP) is 5.10. The number of hydrogen-bond donors (Lipinski definition) is 2. The fourth-order valence-corrected chi connectivity index (χ4v) is 4.54. The van der Waals surface area contributed by atoms with Gasteiger partial charge in [-0.3, -0.25) is 9.59 Å². The van der Waals surface area contributed by atoms with Crippen molar-refractivity contribution in [3.05, 3.63) is 64.4 Å². The summed E-state index contributed by atoms with van der Waals surface area (Å²) >= 11 is 5.91. The van der Waals surface area contributed by atoms with Crippen LogP contribution >= 0.6 is 11.6 Å². The Labute approximate surface area is 199 Å². The van der Waals surface area contributed by atoms with Gasteiger partial charge < -0.3 is 20.3 Å². The molecule has 2 aliphatic heterocycles. The Kier molecular flexibility index (Phi) is 7.68. The summed E-state index contributed by atoms with van der Waals surface area (Å²) in [5.74, 6) is 0.175. The van der Waals surface area contributed by atoms with E-state index >= 15 is 0 Å². The van der Waals surface area contributed by atoms with Crippen molar-refractivity contribution in [2.75, 3.05) is 25.0 Å². The zero-order valence-electron chi connectivity index (χ0n) is 18.9. The smallest absolute Gasteiger partial charge is 0.291 e. The Balaban J connectivity index is 1.32. The third kappa shape index (κ3) is 5.95. The molecular formula is C26H30ClN3O3. The lowest BCUT2D eigenvalue weighted by molar-refractivity contribution is -0.115. The minimum Gasteiger partial charge on any atom is -0.449 e. The maximum absolute atomic E-state index is 12.6. The average molecular weight is 468 g/mol. The summed E-state index contributed by atoms with van der Waals surface area (Å²) < 4.78 is 5.78. The van der Waals surface area contributed by atoms with Crippen molar-refractivity contribution in [3.63, 3.8) is 0 Å². The molecule has 2 aliphatic rings. The molecule has 0 spiro atoms. The van der Waals surface area contributed by atoms with Crippen LogP contribution in [-0.4, -0.2) is 42.4 Å². The van der Waals surface area contributed by atoms with Gasteiger partial charge >= 0.3 is 0 Å². The normalized spacial score (nSPS) is 19.5. The summed E-state index contributed by atoms with van der Waals surface area (Å²) in [5, 5.41) is 6.43. The molecule has 2 aromatic carbocycles. The van der Waals surface area contributed by atoms with Crippen molar-refractivity contribution in [1.82, 2.24) is 10.2 Å². The fourth-order valence-electron chi connectivity index (χ4n) is 4.41. The van der Waals surface area contributed by atoms with Gasteiger partial charge in [0.05, 0.1) is 5.69 Å². The van der Waals surface area contributed by atoms with Crippen LogP contribution in [0.2, 0.25) is 5.02 Å². The van der Waals surface area contributed by atoms with E-state index in [0.717, 1.165) is 25.1 Å². The number of anilines is 1. The number of nitrogens with one attached hydrogen (secondary N) is 2. The second kappa shape index (κ2) is 10.9. The first-order valence-electron chi connectivity index (χ1n) is 11.7. The maximum Gasteiger partial charge on any atom is 0.291 e. The number of halogens is 1. The van der Waals surface area contributed by atoms with Gasteiger partial charge in [-0.15, -0.1) is 0 Å². The molecule has 2 amide bonds. The monoisotopic (exact) mass is 467 g/mol. The molecule has 1 fully saturated rings. The average Bonchev–Trinajstić information content (AvgIpc) is 2.83. The molecule has 2 aromatic rings. The molecule has 4 rings (SSSR count). The van der Waals surface area contributed by atoms with Crippen LogP contribution in [0.5, 0.6) is 5.75 Å². The summed E-state index contributed by atoms with van der Waals surface area (Å²) in [6.07, 6.45) is 7.63. The SMILES string of the molecule is CCC1CCCCN1CCCNC(=O)c1ccc2c(c1)NC(=O)/C(=C/c1ccc(Cl)cc1)O2. The molecule has 2 N–H and O–H groups in total. The van der Waals surface area contributed by atoms with Gasteiger partial charge in [0, 0.05) is 29.7 Å². The summed E-state index contributed by atoms with van der Waals surface area (Å²) in [7, 11) is 0. The van der Waals surface area contributed by atoms with Gasteiger partial charge in [0.2, 0.25) is 0 Å². The summed E-state index contributed by atoms with van der Waals surface area (Å²) in [4.78, 5) is 27.7. The molecule has 0 aliphatic carbocycles. The van der Waals surface area contributed by atoms with Crippen LogP contribution in [0, 0.1) is 0 Å². The number of hydrogen-bond acceptors (Lipinski definition) is 4. The molecule has 1 unspecified atom stereocenters. The minimum absolute atomic E-state index is 0.153. The van der Waals surface area contributed by atoms with Crippen LogP contribution in [0.3, 0.4) is 0 Å². The highest BCUT2D eigenvalue weighted by Gasteiger charge is 2.23. The molecule has 174 valence electrons.